The van der Waals surface area contributed by atoms with E-state index in [1.54, 1.807) is 23.9 Å². The van der Waals surface area contributed by atoms with Crippen molar-refractivity contribution in [2.45, 2.75) is 11.5 Å². The first-order chi connectivity index (χ1) is 8.65. The van der Waals surface area contributed by atoms with Gasteiger partial charge in [0.2, 0.25) is 0 Å². The molecule has 0 heterocycles. The molecule has 4 heteroatoms. The first kappa shape index (κ1) is 13.1. The van der Waals surface area contributed by atoms with Gasteiger partial charge in [-0.15, -0.1) is 0 Å². The Morgan fingerprint density at radius 2 is 1.78 bits per heavy atom. The average Bonchev–Trinajstić information content (AvgIpc) is 2.36. The molecule has 0 amide bonds. The summed E-state index contributed by atoms with van der Waals surface area (Å²) in [4.78, 5) is 0. The lowest BCUT2D eigenvalue weighted by molar-refractivity contribution is 0.471. The number of nitrogens with two attached hydrogens (primary N) is 1. The van der Waals surface area contributed by atoms with E-state index in [9.17, 15) is 5.11 Å². The predicted octanol–water partition coefficient (Wildman–Crippen LogP) is 4.06. The van der Waals surface area contributed by atoms with Crippen LogP contribution in [0.2, 0.25) is 5.02 Å². The summed E-state index contributed by atoms with van der Waals surface area (Å²) >= 11 is 7.56. The standard InChI is InChI=1S/C14H14ClNOS/c15-12-3-1-10(2-4-12)8-18-9-11-7-13(16)5-6-14(11)17/h1-7,17H,8-9,16H2. The lowest BCUT2D eigenvalue weighted by Gasteiger charge is -2.06. The smallest absolute Gasteiger partial charge is 0.119 e. The van der Waals surface area contributed by atoms with Gasteiger partial charge in [-0.25, -0.2) is 0 Å². The maximum Gasteiger partial charge on any atom is 0.119 e. The third kappa shape index (κ3) is 3.59. The molecule has 0 radical (unpaired) electrons. The molecule has 0 aromatic heterocycles. The van der Waals surface area contributed by atoms with Gasteiger partial charge in [0.1, 0.15) is 5.75 Å². The van der Waals surface area contributed by atoms with Crippen LogP contribution in [0, 0.1) is 0 Å². The third-order valence-electron chi connectivity index (χ3n) is 2.54. The van der Waals surface area contributed by atoms with Crippen molar-refractivity contribution >= 4 is 29.1 Å². The van der Waals surface area contributed by atoms with Crippen molar-refractivity contribution in [1.29, 1.82) is 0 Å². The second-order valence-electron chi connectivity index (χ2n) is 4.01. The van der Waals surface area contributed by atoms with Gasteiger partial charge in [0.15, 0.2) is 0 Å². The lowest BCUT2D eigenvalue weighted by Crippen LogP contribution is -1.89. The second-order valence-corrected chi connectivity index (χ2v) is 5.43. The van der Waals surface area contributed by atoms with Crippen molar-refractivity contribution in [2.24, 2.45) is 0 Å². The molecule has 2 aromatic carbocycles. The topological polar surface area (TPSA) is 46.2 Å². The van der Waals surface area contributed by atoms with Crippen molar-refractivity contribution in [2.75, 3.05) is 5.73 Å². The lowest BCUT2D eigenvalue weighted by atomic mass is 10.2. The Bertz CT molecular complexity index is 528. The van der Waals surface area contributed by atoms with Gasteiger partial charge < -0.3 is 10.8 Å². The van der Waals surface area contributed by atoms with Gasteiger partial charge in [0.25, 0.3) is 0 Å². The van der Waals surface area contributed by atoms with Crippen LogP contribution in [0.1, 0.15) is 11.1 Å². The molecule has 0 bridgehead atoms. The molecule has 94 valence electrons. The van der Waals surface area contributed by atoms with E-state index in [-0.39, 0.29) is 0 Å². The molecule has 2 nitrogen and oxygen atoms in total. The number of thioether (sulfide) groups is 1. The Balaban J connectivity index is 1.92. The maximum atomic E-state index is 9.68. The summed E-state index contributed by atoms with van der Waals surface area (Å²) in [6.45, 7) is 0. The zero-order valence-electron chi connectivity index (χ0n) is 9.77. The number of anilines is 1. The second kappa shape index (κ2) is 6.03. The first-order valence-electron chi connectivity index (χ1n) is 5.55. The quantitative estimate of drug-likeness (QED) is 0.655. The molecule has 0 saturated carbocycles. The van der Waals surface area contributed by atoms with Gasteiger partial charge in [-0.2, -0.15) is 11.8 Å². The summed E-state index contributed by atoms with van der Waals surface area (Å²) in [5.74, 6) is 1.91. The van der Waals surface area contributed by atoms with E-state index >= 15 is 0 Å². The number of rotatable bonds is 4. The monoisotopic (exact) mass is 279 g/mol. The fourth-order valence-electron chi connectivity index (χ4n) is 1.58. The summed E-state index contributed by atoms with van der Waals surface area (Å²) in [5.41, 5.74) is 8.45. The maximum absolute atomic E-state index is 9.68. The molecule has 0 aliphatic rings. The van der Waals surface area contributed by atoms with Crippen molar-refractivity contribution in [3.8, 4) is 5.75 Å². The van der Waals surface area contributed by atoms with Gasteiger partial charge in [-0.1, -0.05) is 23.7 Å². The van der Waals surface area contributed by atoms with Gasteiger partial charge in [-0.3, -0.25) is 0 Å². The minimum Gasteiger partial charge on any atom is -0.508 e. The van der Waals surface area contributed by atoms with Crippen LogP contribution >= 0.6 is 23.4 Å². The molecule has 2 aromatic rings. The Labute approximate surface area is 116 Å². The number of phenolic OH excluding ortho intramolecular Hbond substituents is 1. The summed E-state index contributed by atoms with van der Waals surface area (Å²) in [6, 6.07) is 12.9. The predicted molar refractivity (Wildman–Crippen MR) is 79.0 cm³/mol. The molecule has 18 heavy (non-hydrogen) atoms. The largest absolute Gasteiger partial charge is 0.508 e. The first-order valence-corrected chi connectivity index (χ1v) is 7.08. The van der Waals surface area contributed by atoms with Gasteiger partial charge in [0, 0.05) is 27.8 Å². The Kier molecular flexibility index (Phi) is 4.39. The summed E-state index contributed by atoms with van der Waals surface area (Å²) < 4.78 is 0. The van der Waals surface area contributed by atoms with Gasteiger partial charge in [0.05, 0.1) is 0 Å². The van der Waals surface area contributed by atoms with Crippen molar-refractivity contribution in [3.05, 3.63) is 58.6 Å². The third-order valence-corrected chi connectivity index (χ3v) is 3.85. The number of hydrogen-bond acceptors (Lipinski definition) is 3. The van der Waals surface area contributed by atoms with E-state index < -0.39 is 0 Å². The number of halogens is 1. The number of aromatic hydroxyl groups is 1. The highest BCUT2D eigenvalue weighted by Gasteiger charge is 2.02. The van der Waals surface area contributed by atoms with Crippen LogP contribution in [-0.2, 0) is 11.5 Å². The highest BCUT2D eigenvalue weighted by molar-refractivity contribution is 7.97. The molecule has 3 N–H and O–H groups in total. The van der Waals surface area contributed by atoms with Crippen molar-refractivity contribution < 1.29 is 5.11 Å². The van der Waals surface area contributed by atoms with Crippen LogP contribution in [0.25, 0.3) is 0 Å². The normalized spacial score (nSPS) is 10.5. The minimum atomic E-state index is 0.299. The van der Waals surface area contributed by atoms with Crippen LogP contribution in [0.4, 0.5) is 5.69 Å². The van der Waals surface area contributed by atoms with E-state index in [4.69, 9.17) is 17.3 Å². The molecule has 2 rings (SSSR count). The summed E-state index contributed by atoms with van der Waals surface area (Å²) in [7, 11) is 0. The average molecular weight is 280 g/mol. The highest BCUT2D eigenvalue weighted by atomic mass is 35.5. The SMILES string of the molecule is Nc1ccc(O)c(CSCc2ccc(Cl)cc2)c1. The van der Waals surface area contributed by atoms with E-state index in [1.807, 2.05) is 30.3 Å². The number of benzene rings is 2. The summed E-state index contributed by atoms with van der Waals surface area (Å²) in [5, 5.41) is 10.4. The molecule has 0 fully saturated rings. The number of phenols is 1. The Hall–Kier alpha value is -1.32. The molecule has 0 spiro atoms. The van der Waals surface area contributed by atoms with Crippen LogP contribution < -0.4 is 5.73 Å². The molecule has 0 aliphatic carbocycles. The Morgan fingerprint density at radius 1 is 1.06 bits per heavy atom. The zero-order chi connectivity index (χ0) is 13.0. The summed E-state index contributed by atoms with van der Waals surface area (Å²) in [6.07, 6.45) is 0. The van der Waals surface area contributed by atoms with E-state index in [0.29, 0.717) is 11.4 Å². The molecule has 0 saturated heterocycles. The number of hydrogen-bond donors (Lipinski definition) is 2. The van der Waals surface area contributed by atoms with Crippen LogP contribution in [-0.4, -0.2) is 5.11 Å². The number of nitrogen functional groups attached to an aromatic ring is 1. The molecule has 0 aliphatic heterocycles. The fourth-order valence-corrected chi connectivity index (χ4v) is 2.69. The van der Waals surface area contributed by atoms with Crippen LogP contribution in [0.3, 0.4) is 0 Å². The van der Waals surface area contributed by atoms with E-state index in [0.717, 1.165) is 22.1 Å². The Morgan fingerprint density at radius 3 is 2.50 bits per heavy atom. The van der Waals surface area contributed by atoms with Crippen LogP contribution in [0.15, 0.2) is 42.5 Å². The fraction of sp³-hybridized carbons (Fsp3) is 0.143. The minimum absolute atomic E-state index is 0.299. The molecule has 0 unspecified atom stereocenters. The van der Waals surface area contributed by atoms with E-state index in [2.05, 4.69) is 0 Å². The molecule has 0 atom stereocenters. The van der Waals surface area contributed by atoms with E-state index in [1.165, 1.54) is 5.56 Å². The van der Waals surface area contributed by atoms with Crippen molar-refractivity contribution in [1.82, 2.24) is 0 Å². The molecular weight excluding hydrogens is 266 g/mol. The zero-order valence-corrected chi connectivity index (χ0v) is 11.3. The van der Waals surface area contributed by atoms with Gasteiger partial charge in [-0.05, 0) is 35.9 Å². The van der Waals surface area contributed by atoms with Gasteiger partial charge >= 0.3 is 0 Å². The molecular formula is C14H14ClNOS. The van der Waals surface area contributed by atoms with Crippen molar-refractivity contribution in [3.63, 3.8) is 0 Å². The van der Waals surface area contributed by atoms with Crippen LogP contribution in [0.5, 0.6) is 5.75 Å². The highest BCUT2D eigenvalue weighted by Crippen LogP contribution is 2.26.